The van der Waals surface area contributed by atoms with Gasteiger partial charge in [-0.3, -0.25) is 4.79 Å². The van der Waals surface area contributed by atoms with Crippen molar-refractivity contribution in [2.75, 3.05) is 18.4 Å². The minimum absolute atomic E-state index is 0. The number of halogens is 1. The van der Waals surface area contributed by atoms with Gasteiger partial charge in [0, 0.05) is 24.4 Å². The van der Waals surface area contributed by atoms with Gasteiger partial charge in [-0.2, -0.15) is 9.78 Å². The number of carbonyl (C=O) groups excluding carboxylic acids is 1. The third-order valence-corrected chi connectivity index (χ3v) is 4.25. The molecule has 1 saturated heterocycles. The number of carbonyl (C=O) groups is 1. The zero-order valence-electron chi connectivity index (χ0n) is 14.1. The quantitative estimate of drug-likeness (QED) is 0.861. The van der Waals surface area contributed by atoms with Gasteiger partial charge < -0.3 is 10.6 Å². The van der Waals surface area contributed by atoms with Crippen LogP contribution in [0.25, 0.3) is 5.95 Å². The van der Waals surface area contributed by atoms with Gasteiger partial charge >= 0.3 is 0 Å². The molecular weight excluding hydrogens is 328 g/mol. The highest BCUT2D eigenvalue weighted by atomic mass is 35.5. The standard InChI is InChI=1S/C16H22N6O.ClH/c1-10(2)13-7-14(20-15(23)11(3)12-8-17-9-12)22(21-13)16-18-5-4-6-19-16;/h4-7,10-12,17H,8-9H2,1-3H3,(H,20,23);1H. The first-order valence-electron chi connectivity index (χ1n) is 7.95. The molecule has 2 N–H and O–H groups in total. The van der Waals surface area contributed by atoms with E-state index in [0.29, 0.717) is 17.7 Å². The summed E-state index contributed by atoms with van der Waals surface area (Å²) in [7, 11) is 0. The highest BCUT2D eigenvalue weighted by Crippen LogP contribution is 2.23. The van der Waals surface area contributed by atoms with Crippen molar-refractivity contribution < 1.29 is 4.79 Å². The molecule has 1 atom stereocenters. The third-order valence-electron chi connectivity index (χ3n) is 4.25. The summed E-state index contributed by atoms with van der Waals surface area (Å²) in [5.41, 5.74) is 0.894. The Kier molecular flexibility index (Phi) is 5.90. The Bertz CT molecular complexity index is 683. The van der Waals surface area contributed by atoms with Crippen LogP contribution >= 0.6 is 12.4 Å². The highest BCUT2D eigenvalue weighted by molar-refractivity contribution is 5.92. The van der Waals surface area contributed by atoms with Crippen LogP contribution in [0.2, 0.25) is 0 Å². The molecule has 2 aromatic heterocycles. The minimum atomic E-state index is -0.0428. The van der Waals surface area contributed by atoms with E-state index in [4.69, 9.17) is 0 Å². The minimum Gasteiger partial charge on any atom is -0.316 e. The van der Waals surface area contributed by atoms with Gasteiger partial charge in [-0.05, 0) is 31.0 Å². The molecule has 130 valence electrons. The van der Waals surface area contributed by atoms with Gasteiger partial charge in [-0.1, -0.05) is 20.8 Å². The van der Waals surface area contributed by atoms with E-state index in [0.717, 1.165) is 18.8 Å². The molecule has 24 heavy (non-hydrogen) atoms. The fourth-order valence-corrected chi connectivity index (χ4v) is 2.44. The van der Waals surface area contributed by atoms with Crippen molar-refractivity contribution in [2.24, 2.45) is 11.8 Å². The van der Waals surface area contributed by atoms with Gasteiger partial charge in [0.1, 0.15) is 5.82 Å². The zero-order chi connectivity index (χ0) is 16.4. The van der Waals surface area contributed by atoms with Crippen LogP contribution in [0, 0.1) is 11.8 Å². The van der Waals surface area contributed by atoms with Gasteiger partial charge in [0.15, 0.2) is 0 Å². The summed E-state index contributed by atoms with van der Waals surface area (Å²) in [4.78, 5) is 20.9. The fourth-order valence-electron chi connectivity index (χ4n) is 2.44. The molecule has 2 aromatic rings. The van der Waals surface area contributed by atoms with E-state index in [1.54, 1.807) is 23.1 Å². The lowest BCUT2D eigenvalue weighted by molar-refractivity contribution is -0.121. The molecule has 7 nitrogen and oxygen atoms in total. The van der Waals surface area contributed by atoms with Crippen molar-refractivity contribution in [1.29, 1.82) is 0 Å². The molecule has 1 aliphatic rings. The molecule has 1 fully saturated rings. The normalized spacial score (nSPS) is 15.5. The van der Waals surface area contributed by atoms with Crippen LogP contribution in [0.1, 0.15) is 32.4 Å². The molecule has 0 spiro atoms. The van der Waals surface area contributed by atoms with Crippen molar-refractivity contribution in [3.8, 4) is 5.95 Å². The number of rotatable bonds is 5. The molecular formula is C16H23ClN6O. The van der Waals surface area contributed by atoms with Crippen molar-refractivity contribution in [2.45, 2.75) is 26.7 Å². The van der Waals surface area contributed by atoms with E-state index in [-0.39, 0.29) is 30.2 Å². The Labute approximate surface area is 147 Å². The second-order valence-electron chi connectivity index (χ2n) is 6.27. The molecule has 1 aliphatic heterocycles. The number of amides is 1. The predicted molar refractivity (Wildman–Crippen MR) is 94.6 cm³/mol. The Morgan fingerprint density at radius 2 is 1.96 bits per heavy atom. The van der Waals surface area contributed by atoms with E-state index in [9.17, 15) is 4.79 Å². The topological polar surface area (TPSA) is 84.7 Å². The van der Waals surface area contributed by atoms with Crippen LogP contribution in [-0.4, -0.2) is 38.7 Å². The number of nitrogens with zero attached hydrogens (tertiary/aromatic N) is 4. The lowest BCUT2D eigenvalue weighted by Gasteiger charge is -2.31. The summed E-state index contributed by atoms with van der Waals surface area (Å²) in [6, 6.07) is 3.64. The first-order valence-corrected chi connectivity index (χ1v) is 7.95. The third kappa shape index (κ3) is 3.73. The second kappa shape index (κ2) is 7.72. The van der Waals surface area contributed by atoms with Gasteiger partial charge in [0.05, 0.1) is 5.69 Å². The summed E-state index contributed by atoms with van der Waals surface area (Å²) in [5.74, 6) is 1.67. The monoisotopic (exact) mass is 350 g/mol. The largest absolute Gasteiger partial charge is 0.316 e. The van der Waals surface area contributed by atoms with Crippen molar-refractivity contribution in [3.05, 3.63) is 30.2 Å². The highest BCUT2D eigenvalue weighted by Gasteiger charge is 2.29. The molecule has 3 rings (SSSR count). The maximum atomic E-state index is 12.5. The summed E-state index contributed by atoms with van der Waals surface area (Å²) in [6.45, 7) is 7.88. The smallest absolute Gasteiger partial charge is 0.252 e. The predicted octanol–water partition coefficient (Wildman–Crippen LogP) is 2.00. The van der Waals surface area contributed by atoms with E-state index in [1.165, 1.54) is 0 Å². The average molecular weight is 351 g/mol. The maximum Gasteiger partial charge on any atom is 0.252 e. The van der Waals surface area contributed by atoms with Gasteiger partial charge in [0.25, 0.3) is 5.95 Å². The van der Waals surface area contributed by atoms with Gasteiger partial charge in [-0.15, -0.1) is 12.4 Å². The molecule has 0 saturated carbocycles. The number of hydrogen-bond acceptors (Lipinski definition) is 5. The van der Waals surface area contributed by atoms with Crippen LogP contribution in [0.3, 0.4) is 0 Å². The van der Waals surface area contributed by atoms with Crippen molar-refractivity contribution in [1.82, 2.24) is 25.1 Å². The number of hydrogen-bond donors (Lipinski definition) is 2. The van der Waals surface area contributed by atoms with Crippen LogP contribution in [0.15, 0.2) is 24.5 Å². The summed E-state index contributed by atoms with van der Waals surface area (Å²) >= 11 is 0. The Morgan fingerprint density at radius 1 is 1.29 bits per heavy atom. The van der Waals surface area contributed by atoms with Crippen LogP contribution < -0.4 is 10.6 Å². The van der Waals surface area contributed by atoms with E-state index in [2.05, 4.69) is 39.5 Å². The Hall–Kier alpha value is -1.99. The Morgan fingerprint density at radius 3 is 2.50 bits per heavy atom. The lowest BCUT2D eigenvalue weighted by Crippen LogP contribution is -2.48. The number of aromatic nitrogens is 4. The SMILES string of the molecule is CC(C)c1cc(NC(=O)C(C)C2CNC2)n(-c2ncccn2)n1.Cl. The average Bonchev–Trinajstić information content (AvgIpc) is 2.90. The molecule has 0 aliphatic carbocycles. The van der Waals surface area contributed by atoms with Crippen molar-refractivity contribution >= 4 is 24.1 Å². The molecule has 0 aromatic carbocycles. The van der Waals surface area contributed by atoms with Crippen LogP contribution in [0.4, 0.5) is 5.82 Å². The lowest BCUT2D eigenvalue weighted by atomic mass is 9.88. The first-order chi connectivity index (χ1) is 11.1. The zero-order valence-corrected chi connectivity index (χ0v) is 14.9. The van der Waals surface area contributed by atoms with E-state index < -0.39 is 0 Å². The molecule has 1 unspecified atom stereocenters. The molecule has 0 bridgehead atoms. The molecule has 1 amide bonds. The van der Waals surface area contributed by atoms with E-state index >= 15 is 0 Å². The summed E-state index contributed by atoms with van der Waals surface area (Å²) in [6.07, 6.45) is 3.32. The number of anilines is 1. The molecule has 3 heterocycles. The van der Waals surface area contributed by atoms with Crippen molar-refractivity contribution in [3.63, 3.8) is 0 Å². The number of nitrogens with one attached hydrogen (secondary N) is 2. The summed E-state index contributed by atoms with van der Waals surface area (Å²) in [5, 5.41) is 10.7. The van der Waals surface area contributed by atoms with Crippen LogP contribution in [0.5, 0.6) is 0 Å². The fraction of sp³-hybridized carbons (Fsp3) is 0.500. The van der Waals surface area contributed by atoms with Gasteiger partial charge in [-0.25, -0.2) is 9.97 Å². The first kappa shape index (κ1) is 18.4. The molecule has 8 heteroatoms. The molecule has 0 radical (unpaired) electrons. The van der Waals surface area contributed by atoms with Crippen LogP contribution in [-0.2, 0) is 4.79 Å². The second-order valence-corrected chi connectivity index (χ2v) is 6.27. The Balaban J connectivity index is 0.00000208. The van der Waals surface area contributed by atoms with Gasteiger partial charge in [0.2, 0.25) is 5.91 Å². The maximum absolute atomic E-state index is 12.5. The summed E-state index contributed by atoms with van der Waals surface area (Å²) < 4.78 is 1.60. The van der Waals surface area contributed by atoms with E-state index in [1.807, 2.05) is 13.0 Å².